The first-order valence-electron chi connectivity index (χ1n) is 11.4. The van der Waals surface area contributed by atoms with Gasteiger partial charge in [0, 0.05) is 25.8 Å². The first-order valence-corrected chi connectivity index (χ1v) is 12.4. The summed E-state index contributed by atoms with van der Waals surface area (Å²) in [6, 6.07) is 17.9. The van der Waals surface area contributed by atoms with E-state index < -0.39 is 0 Å². The Morgan fingerprint density at radius 2 is 1.85 bits per heavy atom. The van der Waals surface area contributed by atoms with Crippen LogP contribution in [-0.2, 0) is 24.3 Å². The summed E-state index contributed by atoms with van der Waals surface area (Å²) < 4.78 is 3.40. The Morgan fingerprint density at radius 3 is 2.56 bits per heavy atom. The number of benzene rings is 2. The van der Waals surface area contributed by atoms with E-state index in [9.17, 15) is 9.59 Å². The number of thioether (sulfide) groups is 1. The van der Waals surface area contributed by atoms with Crippen molar-refractivity contribution in [1.29, 1.82) is 0 Å². The largest absolute Gasteiger partial charge is 0.315 e. The van der Waals surface area contributed by atoms with Crippen molar-refractivity contribution in [3.05, 3.63) is 81.8 Å². The van der Waals surface area contributed by atoms with Crippen LogP contribution < -0.4 is 10.5 Å². The molecule has 8 heteroatoms. The number of nitrogens with zero attached hydrogens (tertiary/aromatic N) is 5. The molecule has 0 aliphatic heterocycles. The van der Waals surface area contributed by atoms with Crippen LogP contribution in [0.15, 0.2) is 64.5 Å². The molecule has 0 bridgehead atoms. The normalized spacial score (nSPS) is 11.2. The zero-order valence-corrected chi connectivity index (χ0v) is 20.8. The number of hydrogen-bond donors (Lipinski definition) is 0. The van der Waals surface area contributed by atoms with Crippen molar-refractivity contribution in [3.63, 3.8) is 0 Å². The average molecular weight is 476 g/mol. The highest BCUT2D eigenvalue weighted by Crippen LogP contribution is 2.22. The van der Waals surface area contributed by atoms with Crippen molar-refractivity contribution in [2.24, 2.45) is 0 Å². The Balaban J connectivity index is 1.65. The van der Waals surface area contributed by atoms with Crippen LogP contribution in [0, 0.1) is 13.8 Å². The molecule has 0 aliphatic rings. The molecule has 0 saturated heterocycles. The standard InChI is InChI=1S/C26H29N5O2S/c1-5-31-24-23(19(3)28-31)27-26(30(25(24)33)15-14-20-11-7-6-8-12-20)34-17-22(32)29(4)21-13-9-10-18(2)16-21/h6-13,16H,5,14-15,17H2,1-4H3. The van der Waals surface area contributed by atoms with Gasteiger partial charge in [0.2, 0.25) is 5.91 Å². The Labute approximate surface area is 203 Å². The molecule has 1 amide bonds. The second-order valence-electron chi connectivity index (χ2n) is 8.27. The summed E-state index contributed by atoms with van der Waals surface area (Å²) in [6.07, 6.45) is 0.692. The lowest BCUT2D eigenvalue weighted by Crippen LogP contribution is -2.29. The van der Waals surface area contributed by atoms with Crippen molar-refractivity contribution in [2.45, 2.75) is 45.4 Å². The smallest absolute Gasteiger partial charge is 0.280 e. The summed E-state index contributed by atoms with van der Waals surface area (Å²) in [5, 5.41) is 5.04. The van der Waals surface area contributed by atoms with Crippen LogP contribution in [0.2, 0.25) is 0 Å². The minimum atomic E-state index is -0.120. The van der Waals surface area contributed by atoms with Crippen molar-refractivity contribution < 1.29 is 4.79 Å². The fourth-order valence-corrected chi connectivity index (χ4v) is 4.85. The van der Waals surface area contributed by atoms with Crippen molar-refractivity contribution >= 4 is 34.4 Å². The molecule has 0 unspecified atom stereocenters. The van der Waals surface area contributed by atoms with E-state index in [4.69, 9.17) is 4.98 Å². The third-order valence-corrected chi connectivity index (χ3v) is 6.80. The van der Waals surface area contributed by atoms with Gasteiger partial charge in [-0.15, -0.1) is 0 Å². The summed E-state index contributed by atoms with van der Waals surface area (Å²) in [5.41, 5.74) is 4.79. The maximum atomic E-state index is 13.6. The SMILES string of the molecule is CCn1nc(C)c2nc(SCC(=O)N(C)c3cccc(C)c3)n(CCc3ccccc3)c(=O)c21. The van der Waals surface area contributed by atoms with E-state index in [-0.39, 0.29) is 17.2 Å². The fraction of sp³-hybridized carbons (Fsp3) is 0.308. The second-order valence-corrected chi connectivity index (χ2v) is 9.21. The Kier molecular flexibility index (Phi) is 7.17. The maximum absolute atomic E-state index is 13.6. The molecule has 2 aromatic heterocycles. The predicted molar refractivity (Wildman–Crippen MR) is 138 cm³/mol. The molecule has 0 spiro atoms. The molecule has 2 aromatic carbocycles. The number of hydrogen-bond acceptors (Lipinski definition) is 5. The number of fused-ring (bicyclic) bond motifs is 1. The number of rotatable bonds is 8. The predicted octanol–water partition coefficient (Wildman–Crippen LogP) is 4.23. The molecule has 0 fully saturated rings. The van der Waals surface area contributed by atoms with Gasteiger partial charge < -0.3 is 4.90 Å². The molecule has 2 heterocycles. The molecular weight excluding hydrogens is 446 g/mol. The van der Waals surface area contributed by atoms with Gasteiger partial charge in [-0.2, -0.15) is 5.10 Å². The van der Waals surface area contributed by atoms with Gasteiger partial charge in [0.1, 0.15) is 5.52 Å². The molecule has 0 aliphatic carbocycles. The third kappa shape index (κ3) is 4.92. The third-order valence-electron chi connectivity index (χ3n) is 5.84. The quantitative estimate of drug-likeness (QED) is 0.282. The number of aromatic nitrogens is 4. The number of amides is 1. The molecule has 176 valence electrons. The molecule has 7 nitrogen and oxygen atoms in total. The number of carbonyl (C=O) groups excluding carboxylic acids is 1. The van der Waals surface area contributed by atoms with Crippen LogP contribution >= 0.6 is 11.8 Å². The Bertz CT molecular complexity index is 1380. The van der Waals surface area contributed by atoms with Crippen LogP contribution in [0.5, 0.6) is 0 Å². The lowest BCUT2D eigenvalue weighted by Gasteiger charge is -2.18. The van der Waals surface area contributed by atoms with Gasteiger partial charge in [-0.25, -0.2) is 4.98 Å². The van der Waals surface area contributed by atoms with Gasteiger partial charge in [-0.1, -0.05) is 54.2 Å². The van der Waals surface area contributed by atoms with Crippen LogP contribution in [0.3, 0.4) is 0 Å². The number of anilines is 1. The van der Waals surface area contributed by atoms with Gasteiger partial charge in [0.15, 0.2) is 10.7 Å². The van der Waals surface area contributed by atoms with Gasteiger partial charge in [0.25, 0.3) is 5.56 Å². The fourth-order valence-electron chi connectivity index (χ4n) is 3.91. The van der Waals surface area contributed by atoms with Crippen molar-refractivity contribution in [1.82, 2.24) is 19.3 Å². The maximum Gasteiger partial charge on any atom is 0.280 e. The minimum absolute atomic E-state index is 0.0551. The van der Waals surface area contributed by atoms with Crippen LogP contribution in [0.25, 0.3) is 11.0 Å². The van der Waals surface area contributed by atoms with Crippen LogP contribution in [0.1, 0.15) is 23.7 Å². The second kappa shape index (κ2) is 10.3. The lowest BCUT2D eigenvalue weighted by molar-refractivity contribution is -0.115. The Hall–Kier alpha value is -3.39. The van der Waals surface area contributed by atoms with Gasteiger partial charge in [-0.05, 0) is 50.5 Å². The first kappa shape index (κ1) is 23.8. The van der Waals surface area contributed by atoms with Gasteiger partial charge in [-0.3, -0.25) is 18.8 Å². The van der Waals surface area contributed by atoms with Crippen molar-refractivity contribution in [3.8, 4) is 0 Å². The summed E-state index contributed by atoms with van der Waals surface area (Å²) in [7, 11) is 1.77. The number of aryl methyl sites for hydroxylation is 4. The lowest BCUT2D eigenvalue weighted by atomic mass is 10.1. The summed E-state index contributed by atoms with van der Waals surface area (Å²) >= 11 is 1.30. The highest BCUT2D eigenvalue weighted by Gasteiger charge is 2.20. The topological polar surface area (TPSA) is 73.0 Å². The highest BCUT2D eigenvalue weighted by atomic mass is 32.2. The molecule has 0 saturated carbocycles. The van der Waals surface area contributed by atoms with Crippen molar-refractivity contribution in [2.75, 3.05) is 17.7 Å². The minimum Gasteiger partial charge on any atom is -0.315 e. The van der Waals surface area contributed by atoms with E-state index in [1.54, 1.807) is 21.2 Å². The molecule has 0 radical (unpaired) electrons. The zero-order valence-electron chi connectivity index (χ0n) is 20.0. The van der Waals surface area contributed by atoms with Gasteiger partial charge >= 0.3 is 0 Å². The van der Waals surface area contributed by atoms with E-state index in [0.29, 0.717) is 41.4 Å². The molecular formula is C26H29N5O2S. The van der Waals surface area contributed by atoms with Crippen LogP contribution in [0.4, 0.5) is 5.69 Å². The summed E-state index contributed by atoms with van der Waals surface area (Å²) in [4.78, 5) is 33.0. The zero-order chi connectivity index (χ0) is 24.2. The molecule has 0 atom stereocenters. The monoisotopic (exact) mass is 475 g/mol. The summed E-state index contributed by atoms with van der Waals surface area (Å²) in [5.74, 6) is 0.120. The molecule has 4 rings (SSSR count). The van der Waals surface area contributed by atoms with E-state index >= 15 is 0 Å². The molecule has 0 N–H and O–H groups in total. The number of carbonyl (C=O) groups is 1. The van der Waals surface area contributed by atoms with Crippen LogP contribution in [-0.4, -0.2) is 38.0 Å². The molecule has 4 aromatic rings. The van der Waals surface area contributed by atoms with E-state index in [2.05, 4.69) is 5.10 Å². The first-order chi connectivity index (χ1) is 16.4. The van der Waals surface area contributed by atoms with Gasteiger partial charge in [0.05, 0.1) is 11.4 Å². The van der Waals surface area contributed by atoms with E-state index in [0.717, 1.165) is 16.8 Å². The molecule has 34 heavy (non-hydrogen) atoms. The van der Waals surface area contributed by atoms with E-state index in [1.807, 2.05) is 75.4 Å². The highest BCUT2D eigenvalue weighted by molar-refractivity contribution is 7.99. The summed E-state index contributed by atoms with van der Waals surface area (Å²) in [6.45, 7) is 6.89. The Morgan fingerprint density at radius 1 is 1.09 bits per heavy atom. The van der Waals surface area contributed by atoms with E-state index in [1.165, 1.54) is 11.8 Å². The average Bonchev–Trinajstić information content (AvgIpc) is 3.17.